The van der Waals surface area contributed by atoms with E-state index >= 15 is 0 Å². The largest absolute Gasteiger partial charge is 0.324 e. The molecule has 96 valence electrons. The predicted molar refractivity (Wildman–Crippen MR) is 85.7 cm³/mol. The van der Waals surface area contributed by atoms with E-state index in [4.69, 9.17) is 11.6 Å². The molecular formula is C15H11ClINO. The number of fused-ring (bicyclic) bond motifs is 1. The van der Waals surface area contributed by atoms with Crippen molar-refractivity contribution in [2.75, 3.05) is 5.32 Å². The number of carbonyl (C=O) groups excluding carboxylic acids is 1. The number of hydrogen-bond acceptors (Lipinski definition) is 1. The zero-order valence-electron chi connectivity index (χ0n) is 9.99. The third kappa shape index (κ3) is 2.49. The van der Waals surface area contributed by atoms with Crippen molar-refractivity contribution in [3.05, 3.63) is 62.2 Å². The van der Waals surface area contributed by atoms with E-state index in [9.17, 15) is 4.79 Å². The fraction of sp³-hybridized carbons (Fsp3) is 0.133. The number of hydrogen-bond donors (Lipinski definition) is 1. The Bertz CT molecular complexity index is 656. The highest BCUT2D eigenvalue weighted by atomic mass is 127. The summed E-state index contributed by atoms with van der Waals surface area (Å²) in [5.41, 5.74) is 3.06. The van der Waals surface area contributed by atoms with E-state index in [2.05, 4.69) is 34.0 Å². The van der Waals surface area contributed by atoms with Gasteiger partial charge in [-0.15, -0.1) is 0 Å². The van der Waals surface area contributed by atoms with E-state index in [1.807, 2.05) is 36.4 Å². The molecule has 2 aromatic carbocycles. The maximum atomic E-state index is 12.2. The first kappa shape index (κ1) is 12.9. The van der Waals surface area contributed by atoms with Gasteiger partial charge in [-0.3, -0.25) is 4.79 Å². The smallest absolute Gasteiger partial charge is 0.232 e. The van der Waals surface area contributed by atoms with Crippen LogP contribution in [0.3, 0.4) is 0 Å². The van der Waals surface area contributed by atoms with Crippen LogP contribution in [0.15, 0.2) is 42.5 Å². The van der Waals surface area contributed by atoms with Crippen LogP contribution in [0.2, 0.25) is 5.02 Å². The molecule has 0 radical (unpaired) electrons. The van der Waals surface area contributed by atoms with Crippen LogP contribution < -0.4 is 5.32 Å². The lowest BCUT2D eigenvalue weighted by molar-refractivity contribution is -0.118. The molecule has 1 atom stereocenters. The van der Waals surface area contributed by atoms with Crippen molar-refractivity contribution in [1.29, 1.82) is 0 Å². The number of rotatable bonds is 2. The minimum Gasteiger partial charge on any atom is -0.324 e. The highest BCUT2D eigenvalue weighted by Crippen LogP contribution is 2.36. The third-order valence-corrected chi connectivity index (χ3v) is 4.34. The summed E-state index contributed by atoms with van der Waals surface area (Å²) in [7, 11) is 0. The Labute approximate surface area is 130 Å². The molecule has 3 rings (SSSR count). The first-order valence-electron chi connectivity index (χ1n) is 5.99. The quantitative estimate of drug-likeness (QED) is 0.773. The van der Waals surface area contributed by atoms with Gasteiger partial charge in [0.1, 0.15) is 0 Å². The Hall–Kier alpha value is -1.07. The number of nitrogens with one attached hydrogen (secondary N) is 1. The SMILES string of the molecule is O=C(Nc1ccc(I)cc1Cl)C1Cc2ccccc21. The minimum absolute atomic E-state index is 0.0156. The maximum Gasteiger partial charge on any atom is 0.232 e. The summed E-state index contributed by atoms with van der Waals surface area (Å²) in [6.07, 6.45) is 0.810. The van der Waals surface area contributed by atoms with E-state index in [1.165, 1.54) is 5.56 Å². The van der Waals surface area contributed by atoms with Gasteiger partial charge in [-0.1, -0.05) is 35.9 Å². The Kier molecular flexibility index (Phi) is 3.50. The van der Waals surface area contributed by atoms with Crippen molar-refractivity contribution in [3.8, 4) is 0 Å². The van der Waals surface area contributed by atoms with E-state index < -0.39 is 0 Å². The lowest BCUT2D eigenvalue weighted by atomic mass is 9.77. The first-order valence-corrected chi connectivity index (χ1v) is 7.44. The molecule has 0 heterocycles. The van der Waals surface area contributed by atoms with Crippen molar-refractivity contribution in [1.82, 2.24) is 0 Å². The molecule has 1 unspecified atom stereocenters. The lowest BCUT2D eigenvalue weighted by Crippen LogP contribution is -2.30. The van der Waals surface area contributed by atoms with Crippen molar-refractivity contribution in [2.45, 2.75) is 12.3 Å². The van der Waals surface area contributed by atoms with Gasteiger partial charge >= 0.3 is 0 Å². The number of halogens is 2. The maximum absolute atomic E-state index is 12.2. The zero-order valence-corrected chi connectivity index (χ0v) is 12.9. The number of anilines is 1. The molecular weight excluding hydrogens is 373 g/mol. The fourth-order valence-corrected chi connectivity index (χ4v) is 3.21. The van der Waals surface area contributed by atoms with Gasteiger partial charge in [0.25, 0.3) is 0 Å². The van der Waals surface area contributed by atoms with Gasteiger partial charge in [-0.2, -0.15) is 0 Å². The van der Waals surface area contributed by atoms with Crippen LogP contribution in [-0.2, 0) is 11.2 Å². The Morgan fingerprint density at radius 2 is 2.05 bits per heavy atom. The third-order valence-electron chi connectivity index (χ3n) is 3.36. The highest BCUT2D eigenvalue weighted by molar-refractivity contribution is 14.1. The molecule has 0 spiro atoms. The molecule has 2 nitrogen and oxygen atoms in total. The second kappa shape index (κ2) is 5.13. The topological polar surface area (TPSA) is 29.1 Å². The summed E-state index contributed by atoms with van der Waals surface area (Å²) < 4.78 is 1.05. The summed E-state index contributed by atoms with van der Waals surface area (Å²) in [5.74, 6) is -0.0339. The van der Waals surface area contributed by atoms with E-state index in [0.29, 0.717) is 10.7 Å². The molecule has 1 N–H and O–H groups in total. The summed E-state index contributed by atoms with van der Waals surface area (Å²) in [6, 6.07) is 13.7. The summed E-state index contributed by atoms with van der Waals surface area (Å²) in [5, 5.41) is 3.48. The van der Waals surface area contributed by atoms with Crippen LogP contribution in [0.25, 0.3) is 0 Å². The standard InChI is InChI=1S/C15H11ClINO/c16-13-8-10(17)5-6-14(13)18-15(19)12-7-9-3-1-2-4-11(9)12/h1-6,8,12H,7H2,(H,18,19). The molecule has 0 saturated carbocycles. The van der Waals surface area contributed by atoms with Gasteiger partial charge in [0.15, 0.2) is 0 Å². The molecule has 1 amide bonds. The van der Waals surface area contributed by atoms with Crippen LogP contribution in [0.1, 0.15) is 17.0 Å². The molecule has 1 aliphatic carbocycles. The Morgan fingerprint density at radius 1 is 1.26 bits per heavy atom. The average molecular weight is 384 g/mol. The molecule has 0 bridgehead atoms. The monoisotopic (exact) mass is 383 g/mol. The van der Waals surface area contributed by atoms with Crippen molar-refractivity contribution in [2.24, 2.45) is 0 Å². The van der Waals surface area contributed by atoms with Gasteiger partial charge in [0.05, 0.1) is 16.6 Å². The summed E-state index contributed by atoms with van der Waals surface area (Å²) >= 11 is 8.31. The molecule has 0 fully saturated rings. The Morgan fingerprint density at radius 3 is 2.79 bits per heavy atom. The van der Waals surface area contributed by atoms with Crippen LogP contribution >= 0.6 is 34.2 Å². The van der Waals surface area contributed by atoms with Crippen molar-refractivity contribution in [3.63, 3.8) is 0 Å². The zero-order chi connectivity index (χ0) is 13.4. The normalized spacial score (nSPS) is 16.4. The van der Waals surface area contributed by atoms with E-state index in [1.54, 1.807) is 0 Å². The number of benzene rings is 2. The van der Waals surface area contributed by atoms with Crippen LogP contribution in [0.4, 0.5) is 5.69 Å². The van der Waals surface area contributed by atoms with Crippen LogP contribution in [-0.4, -0.2) is 5.91 Å². The molecule has 2 aromatic rings. The molecule has 0 saturated heterocycles. The van der Waals surface area contributed by atoms with Gasteiger partial charge in [0.2, 0.25) is 5.91 Å². The van der Waals surface area contributed by atoms with Crippen LogP contribution in [0, 0.1) is 3.57 Å². The van der Waals surface area contributed by atoms with Crippen molar-refractivity contribution >= 4 is 45.8 Å². The molecule has 0 aromatic heterocycles. The fourth-order valence-electron chi connectivity index (χ4n) is 2.30. The number of carbonyl (C=O) groups is 1. The van der Waals surface area contributed by atoms with Gasteiger partial charge in [0, 0.05) is 3.57 Å². The number of amides is 1. The minimum atomic E-state index is -0.0495. The molecule has 19 heavy (non-hydrogen) atoms. The molecule has 0 aliphatic heterocycles. The molecule has 1 aliphatic rings. The highest BCUT2D eigenvalue weighted by Gasteiger charge is 2.31. The van der Waals surface area contributed by atoms with Crippen molar-refractivity contribution < 1.29 is 4.79 Å². The summed E-state index contributed by atoms with van der Waals surface area (Å²) in [4.78, 5) is 12.2. The van der Waals surface area contributed by atoms with E-state index in [0.717, 1.165) is 15.6 Å². The van der Waals surface area contributed by atoms with Gasteiger partial charge in [-0.25, -0.2) is 0 Å². The average Bonchev–Trinajstić information content (AvgIpc) is 2.34. The van der Waals surface area contributed by atoms with Gasteiger partial charge < -0.3 is 5.32 Å². The Balaban J connectivity index is 1.77. The lowest BCUT2D eigenvalue weighted by Gasteiger charge is -2.29. The van der Waals surface area contributed by atoms with Gasteiger partial charge in [-0.05, 0) is 58.3 Å². The van der Waals surface area contributed by atoms with Crippen LogP contribution in [0.5, 0.6) is 0 Å². The first-order chi connectivity index (χ1) is 9.15. The second-order valence-corrected chi connectivity index (χ2v) is 6.22. The molecule has 4 heteroatoms. The predicted octanol–water partition coefficient (Wildman–Crippen LogP) is 4.22. The second-order valence-electron chi connectivity index (χ2n) is 4.57. The van der Waals surface area contributed by atoms with E-state index in [-0.39, 0.29) is 11.8 Å². The summed E-state index contributed by atoms with van der Waals surface area (Å²) in [6.45, 7) is 0.